The highest BCUT2D eigenvalue weighted by molar-refractivity contribution is 5.30. The molecule has 0 aromatic heterocycles. The molecule has 0 heterocycles. The first-order valence-corrected chi connectivity index (χ1v) is 10.7. The lowest BCUT2D eigenvalue weighted by Gasteiger charge is -2.18. The van der Waals surface area contributed by atoms with Gasteiger partial charge in [0.2, 0.25) is 0 Å². The Bertz CT molecular complexity index is 952. The Hall–Kier alpha value is -2.60. The molecule has 0 amide bonds. The summed E-state index contributed by atoms with van der Waals surface area (Å²) in [5.41, 5.74) is 2.62. The fraction of sp³-hybridized carbons (Fsp3) is 0.308. The molecular formula is C26H31ClFNO3. The van der Waals surface area contributed by atoms with Gasteiger partial charge in [-0.1, -0.05) is 42.5 Å². The van der Waals surface area contributed by atoms with E-state index in [1.807, 2.05) is 43.3 Å². The number of benzene rings is 3. The summed E-state index contributed by atoms with van der Waals surface area (Å²) < 4.78 is 24.6. The zero-order chi connectivity index (χ0) is 22.1. The van der Waals surface area contributed by atoms with E-state index in [1.165, 1.54) is 11.6 Å². The SMILES string of the molecule is COc1cccc(CCC[NH2+]C(C)C(O)c2ccc(OCc3ccccc3F)cc2)c1.[Cl-]. The molecule has 2 unspecified atom stereocenters. The molecule has 3 N–H and O–H groups in total. The Kier molecular flexibility index (Phi) is 10.5. The highest BCUT2D eigenvalue weighted by Crippen LogP contribution is 2.20. The molecule has 172 valence electrons. The van der Waals surface area contributed by atoms with Crippen molar-refractivity contribution in [2.45, 2.75) is 38.5 Å². The van der Waals surface area contributed by atoms with Crippen molar-refractivity contribution in [2.24, 2.45) is 0 Å². The zero-order valence-electron chi connectivity index (χ0n) is 18.5. The zero-order valence-corrected chi connectivity index (χ0v) is 19.3. The standard InChI is InChI=1S/C26H30FNO3.ClH/c1-19(28-16-6-8-20-7-5-10-24(17-20)30-2)26(29)21-12-14-23(15-13-21)31-18-22-9-3-4-11-25(22)27;/h3-5,7,9-15,17,19,26,28-29H,6,8,16,18H2,1-2H3;1H. The number of methoxy groups -OCH3 is 1. The van der Waals surface area contributed by atoms with Crippen molar-refractivity contribution in [1.82, 2.24) is 0 Å². The van der Waals surface area contributed by atoms with E-state index in [4.69, 9.17) is 9.47 Å². The summed E-state index contributed by atoms with van der Waals surface area (Å²) in [4.78, 5) is 0. The van der Waals surface area contributed by atoms with Crippen LogP contribution in [0.5, 0.6) is 11.5 Å². The van der Waals surface area contributed by atoms with Gasteiger partial charge in [0.25, 0.3) is 0 Å². The fourth-order valence-corrected chi connectivity index (χ4v) is 3.49. The molecule has 0 saturated heterocycles. The van der Waals surface area contributed by atoms with Crippen molar-refractivity contribution in [1.29, 1.82) is 0 Å². The summed E-state index contributed by atoms with van der Waals surface area (Å²) in [6, 6.07) is 22.1. The van der Waals surface area contributed by atoms with Gasteiger partial charge in [-0.15, -0.1) is 0 Å². The van der Waals surface area contributed by atoms with E-state index in [0.29, 0.717) is 11.3 Å². The van der Waals surface area contributed by atoms with Gasteiger partial charge in [0, 0.05) is 12.0 Å². The van der Waals surface area contributed by atoms with E-state index >= 15 is 0 Å². The van der Waals surface area contributed by atoms with E-state index in [-0.39, 0.29) is 30.9 Å². The summed E-state index contributed by atoms with van der Waals surface area (Å²) in [6.45, 7) is 3.13. The van der Waals surface area contributed by atoms with Crippen LogP contribution in [0.15, 0.2) is 72.8 Å². The number of nitrogens with two attached hydrogens (primary N) is 1. The van der Waals surface area contributed by atoms with E-state index in [1.54, 1.807) is 25.3 Å². The van der Waals surface area contributed by atoms with Crippen LogP contribution in [0.4, 0.5) is 4.39 Å². The largest absolute Gasteiger partial charge is 1.00 e. The molecule has 6 heteroatoms. The molecule has 0 spiro atoms. The van der Waals surface area contributed by atoms with Crippen molar-refractivity contribution in [3.63, 3.8) is 0 Å². The summed E-state index contributed by atoms with van der Waals surface area (Å²) in [5, 5.41) is 12.8. The van der Waals surface area contributed by atoms with Crippen molar-refractivity contribution < 1.29 is 36.7 Å². The summed E-state index contributed by atoms with van der Waals surface area (Å²) in [7, 11) is 1.68. The summed E-state index contributed by atoms with van der Waals surface area (Å²) in [6.07, 6.45) is 1.43. The molecule has 0 saturated carbocycles. The van der Waals surface area contributed by atoms with Gasteiger partial charge in [-0.25, -0.2) is 4.39 Å². The Balaban J connectivity index is 0.00000363. The first kappa shape index (κ1) is 25.7. The Labute approximate surface area is 195 Å². The maximum Gasteiger partial charge on any atom is 0.130 e. The number of halogens is 2. The second-order valence-corrected chi connectivity index (χ2v) is 7.73. The van der Waals surface area contributed by atoms with Crippen molar-refractivity contribution >= 4 is 0 Å². The lowest BCUT2D eigenvalue weighted by atomic mass is 10.0. The van der Waals surface area contributed by atoms with Crippen LogP contribution in [0, 0.1) is 5.82 Å². The maximum absolute atomic E-state index is 13.7. The molecule has 4 nitrogen and oxygen atoms in total. The topological polar surface area (TPSA) is 55.3 Å². The minimum Gasteiger partial charge on any atom is -1.00 e. The van der Waals surface area contributed by atoms with Crippen LogP contribution < -0.4 is 27.2 Å². The van der Waals surface area contributed by atoms with E-state index < -0.39 is 6.10 Å². The summed E-state index contributed by atoms with van der Waals surface area (Å²) in [5.74, 6) is 1.26. The van der Waals surface area contributed by atoms with Gasteiger partial charge < -0.3 is 32.3 Å². The van der Waals surface area contributed by atoms with Crippen LogP contribution in [0.1, 0.15) is 36.1 Å². The normalized spacial score (nSPS) is 12.5. The monoisotopic (exact) mass is 459 g/mol. The third-order valence-electron chi connectivity index (χ3n) is 5.41. The summed E-state index contributed by atoms with van der Waals surface area (Å²) >= 11 is 0. The average molecular weight is 460 g/mol. The lowest BCUT2D eigenvalue weighted by Crippen LogP contribution is -3.00. The molecule has 0 aliphatic carbocycles. The predicted octanol–water partition coefficient (Wildman–Crippen LogP) is 1.04. The minimum absolute atomic E-state index is 0. The molecule has 0 fully saturated rings. The van der Waals surface area contributed by atoms with Crippen LogP contribution in [0.3, 0.4) is 0 Å². The van der Waals surface area contributed by atoms with E-state index in [2.05, 4.69) is 17.4 Å². The first-order chi connectivity index (χ1) is 15.1. The van der Waals surface area contributed by atoms with Gasteiger partial charge in [0.15, 0.2) is 0 Å². The van der Waals surface area contributed by atoms with Gasteiger partial charge in [-0.05, 0) is 54.8 Å². The second kappa shape index (κ2) is 13.1. The number of aliphatic hydroxyl groups excluding tert-OH is 1. The first-order valence-electron chi connectivity index (χ1n) is 10.7. The molecule has 3 aromatic rings. The molecule has 0 aliphatic rings. The Morgan fingerprint density at radius 1 is 0.969 bits per heavy atom. The number of ether oxygens (including phenoxy) is 2. The molecular weight excluding hydrogens is 429 g/mol. The average Bonchev–Trinajstić information content (AvgIpc) is 2.81. The molecule has 0 bridgehead atoms. The number of aryl methyl sites for hydroxylation is 1. The molecule has 32 heavy (non-hydrogen) atoms. The fourth-order valence-electron chi connectivity index (χ4n) is 3.49. The second-order valence-electron chi connectivity index (χ2n) is 7.73. The maximum atomic E-state index is 13.7. The number of rotatable bonds is 11. The number of aliphatic hydroxyl groups is 1. The van der Waals surface area contributed by atoms with Gasteiger partial charge in [0.05, 0.1) is 13.7 Å². The highest BCUT2D eigenvalue weighted by Gasteiger charge is 2.19. The lowest BCUT2D eigenvalue weighted by molar-refractivity contribution is -0.694. The van der Waals surface area contributed by atoms with Crippen molar-refractivity contribution in [2.75, 3.05) is 13.7 Å². The van der Waals surface area contributed by atoms with Gasteiger partial charge in [0.1, 0.15) is 36.1 Å². The van der Waals surface area contributed by atoms with Gasteiger partial charge >= 0.3 is 0 Å². The molecule has 2 atom stereocenters. The minimum atomic E-state index is -0.572. The quantitative estimate of drug-likeness (QED) is 0.421. The van der Waals surface area contributed by atoms with Crippen molar-refractivity contribution in [3.8, 4) is 11.5 Å². The number of quaternary nitrogens is 1. The number of hydrogen-bond acceptors (Lipinski definition) is 3. The van der Waals surface area contributed by atoms with Crippen LogP contribution in [0.2, 0.25) is 0 Å². The third kappa shape index (κ3) is 7.52. The molecule has 0 radical (unpaired) electrons. The predicted molar refractivity (Wildman–Crippen MR) is 120 cm³/mol. The van der Waals surface area contributed by atoms with E-state index in [9.17, 15) is 9.50 Å². The van der Waals surface area contributed by atoms with Crippen LogP contribution >= 0.6 is 0 Å². The molecule has 3 aromatic carbocycles. The van der Waals surface area contributed by atoms with Crippen LogP contribution in [0.25, 0.3) is 0 Å². The molecule has 3 rings (SSSR count). The highest BCUT2D eigenvalue weighted by atomic mass is 35.5. The van der Waals surface area contributed by atoms with Crippen molar-refractivity contribution in [3.05, 3.63) is 95.3 Å². The van der Waals surface area contributed by atoms with Crippen LogP contribution in [-0.2, 0) is 13.0 Å². The third-order valence-corrected chi connectivity index (χ3v) is 5.41. The Morgan fingerprint density at radius 3 is 2.44 bits per heavy atom. The van der Waals surface area contributed by atoms with Gasteiger partial charge in [-0.2, -0.15) is 0 Å². The smallest absolute Gasteiger partial charge is 0.130 e. The number of hydrogen-bond donors (Lipinski definition) is 2. The van der Waals surface area contributed by atoms with Crippen LogP contribution in [-0.4, -0.2) is 24.8 Å². The van der Waals surface area contributed by atoms with E-state index in [0.717, 1.165) is 30.7 Å². The van der Waals surface area contributed by atoms with Gasteiger partial charge in [-0.3, -0.25) is 0 Å². The Morgan fingerprint density at radius 2 is 1.72 bits per heavy atom. The molecule has 0 aliphatic heterocycles.